The lowest BCUT2D eigenvalue weighted by Gasteiger charge is -2.18. The molecule has 6 nitrogen and oxygen atoms in total. The summed E-state index contributed by atoms with van der Waals surface area (Å²) in [5.41, 5.74) is 1.16. The minimum Gasteiger partial charge on any atom is -0.507 e. The van der Waals surface area contributed by atoms with Crippen LogP contribution in [0, 0.1) is 6.92 Å². The highest BCUT2D eigenvalue weighted by molar-refractivity contribution is 7.99. The number of phenols is 1. The number of aliphatic imine (C=N–C) groups is 1. The van der Waals surface area contributed by atoms with E-state index < -0.39 is 5.63 Å². The monoisotopic (exact) mass is 409 g/mol. The highest BCUT2D eigenvalue weighted by atomic mass is 32.2. The summed E-state index contributed by atoms with van der Waals surface area (Å²) in [5, 5.41) is 20.9. The Morgan fingerprint density at radius 3 is 2.72 bits per heavy atom. The third-order valence-electron chi connectivity index (χ3n) is 4.71. The van der Waals surface area contributed by atoms with Gasteiger partial charge in [0.2, 0.25) is 0 Å². The molecule has 7 heteroatoms. The van der Waals surface area contributed by atoms with Gasteiger partial charge in [0.05, 0.1) is 18.5 Å². The lowest BCUT2D eigenvalue weighted by molar-refractivity contribution is 0.370. The Morgan fingerprint density at radius 1 is 1.17 bits per heavy atom. The van der Waals surface area contributed by atoms with E-state index in [0.29, 0.717) is 34.9 Å². The van der Waals surface area contributed by atoms with Gasteiger partial charge in [0.15, 0.2) is 11.5 Å². The molecule has 2 heterocycles. The highest BCUT2D eigenvalue weighted by Gasteiger charge is 2.28. The first-order chi connectivity index (χ1) is 14.0. The maximum absolute atomic E-state index is 12.5. The number of nitrogens with zero attached hydrogens (tertiary/aromatic N) is 1. The molecular formula is C22H19NO5S. The zero-order valence-electron chi connectivity index (χ0n) is 15.9. The van der Waals surface area contributed by atoms with Gasteiger partial charge in [-0.05, 0) is 25.1 Å². The molecule has 0 unspecified atom stereocenters. The summed E-state index contributed by atoms with van der Waals surface area (Å²) < 4.78 is 10.4. The summed E-state index contributed by atoms with van der Waals surface area (Å²) in [5.74, 6) is 0.570. The van der Waals surface area contributed by atoms with Crippen LogP contribution < -0.4 is 10.4 Å². The van der Waals surface area contributed by atoms with Gasteiger partial charge in [0, 0.05) is 28.2 Å². The molecule has 0 bridgehead atoms. The molecule has 0 saturated carbocycles. The van der Waals surface area contributed by atoms with E-state index in [0.717, 1.165) is 4.90 Å². The number of thioether (sulfide) groups is 1. The average Bonchev–Trinajstić information content (AvgIpc) is 2.86. The molecule has 148 valence electrons. The minimum absolute atomic E-state index is 0.0419. The number of aromatic hydroxyl groups is 2. The smallest absolute Gasteiger partial charge is 0.348 e. The molecule has 29 heavy (non-hydrogen) atoms. The fraction of sp³-hybridized carbons (Fsp3) is 0.182. The first-order valence-corrected chi connectivity index (χ1v) is 9.89. The zero-order chi connectivity index (χ0) is 20.5. The molecule has 1 atom stereocenters. The number of methoxy groups -OCH3 is 1. The highest BCUT2D eigenvalue weighted by Crippen LogP contribution is 2.49. The Hall–Kier alpha value is -3.19. The third-order valence-corrected chi connectivity index (χ3v) is 6.01. The average molecular weight is 409 g/mol. The van der Waals surface area contributed by atoms with Gasteiger partial charge in [-0.1, -0.05) is 24.3 Å². The van der Waals surface area contributed by atoms with Crippen molar-refractivity contribution in [1.29, 1.82) is 0 Å². The summed E-state index contributed by atoms with van der Waals surface area (Å²) in [4.78, 5) is 18.1. The number of rotatable bonds is 3. The molecule has 1 aromatic heterocycles. The largest absolute Gasteiger partial charge is 0.507 e. The molecule has 0 saturated heterocycles. The summed E-state index contributed by atoms with van der Waals surface area (Å²) >= 11 is 1.53. The number of hydrogen-bond acceptors (Lipinski definition) is 7. The van der Waals surface area contributed by atoms with Gasteiger partial charge >= 0.3 is 5.63 Å². The van der Waals surface area contributed by atoms with Crippen LogP contribution in [0.25, 0.3) is 0 Å². The van der Waals surface area contributed by atoms with Gasteiger partial charge in [-0.25, -0.2) is 4.79 Å². The van der Waals surface area contributed by atoms with Crippen LogP contribution in [0.2, 0.25) is 0 Å². The Bertz CT molecular complexity index is 1170. The summed E-state index contributed by atoms with van der Waals surface area (Å²) in [6.45, 7) is 1.60. The Kier molecular flexibility index (Phi) is 5.07. The molecule has 0 spiro atoms. The van der Waals surface area contributed by atoms with E-state index in [1.54, 1.807) is 19.1 Å². The Morgan fingerprint density at radius 2 is 1.97 bits per heavy atom. The van der Waals surface area contributed by atoms with Crippen LogP contribution in [-0.4, -0.2) is 23.0 Å². The molecule has 2 aromatic carbocycles. The molecule has 1 aliphatic rings. The van der Waals surface area contributed by atoms with Crippen LogP contribution in [0.4, 0.5) is 5.69 Å². The molecule has 2 N–H and O–H groups in total. The molecular weight excluding hydrogens is 390 g/mol. The molecule has 4 rings (SSSR count). The van der Waals surface area contributed by atoms with Gasteiger partial charge < -0.3 is 19.4 Å². The number of phenolic OH excluding ortho intramolecular Hbond substituents is 1. The van der Waals surface area contributed by atoms with Crippen molar-refractivity contribution in [3.05, 3.63) is 75.8 Å². The van der Waals surface area contributed by atoms with Gasteiger partial charge in [0.25, 0.3) is 0 Å². The number of ether oxygens (including phenoxy) is 1. The molecule has 0 radical (unpaired) electrons. The van der Waals surface area contributed by atoms with Crippen molar-refractivity contribution in [1.82, 2.24) is 0 Å². The predicted octanol–water partition coefficient (Wildman–Crippen LogP) is 4.73. The summed E-state index contributed by atoms with van der Waals surface area (Å²) in [6.07, 6.45) is 0.307. The molecule has 0 amide bonds. The summed E-state index contributed by atoms with van der Waals surface area (Å²) in [7, 11) is 1.50. The van der Waals surface area contributed by atoms with E-state index in [4.69, 9.17) is 9.15 Å². The van der Waals surface area contributed by atoms with Gasteiger partial charge in [-0.2, -0.15) is 0 Å². The second-order valence-electron chi connectivity index (χ2n) is 6.64. The predicted molar refractivity (Wildman–Crippen MR) is 112 cm³/mol. The van der Waals surface area contributed by atoms with Crippen molar-refractivity contribution < 1.29 is 19.4 Å². The van der Waals surface area contributed by atoms with Crippen LogP contribution >= 0.6 is 11.8 Å². The van der Waals surface area contributed by atoms with Crippen molar-refractivity contribution in [3.8, 4) is 17.2 Å². The minimum atomic E-state index is -0.640. The van der Waals surface area contributed by atoms with E-state index in [1.807, 2.05) is 30.3 Å². The zero-order valence-corrected chi connectivity index (χ0v) is 16.7. The van der Waals surface area contributed by atoms with E-state index >= 15 is 0 Å². The van der Waals surface area contributed by atoms with E-state index in [-0.39, 0.29) is 22.3 Å². The van der Waals surface area contributed by atoms with Crippen LogP contribution in [0.1, 0.15) is 28.6 Å². The van der Waals surface area contributed by atoms with E-state index in [1.165, 1.54) is 24.9 Å². The van der Waals surface area contributed by atoms with Crippen LogP contribution in [0.3, 0.4) is 0 Å². The van der Waals surface area contributed by atoms with Crippen LogP contribution in [-0.2, 0) is 0 Å². The van der Waals surface area contributed by atoms with Crippen molar-refractivity contribution >= 4 is 23.2 Å². The number of aryl methyl sites for hydroxylation is 1. The van der Waals surface area contributed by atoms with Crippen molar-refractivity contribution in [2.75, 3.05) is 7.11 Å². The molecule has 1 aliphatic heterocycles. The third kappa shape index (κ3) is 3.61. The maximum Gasteiger partial charge on any atom is 0.348 e. The topological polar surface area (TPSA) is 92.3 Å². The first kappa shape index (κ1) is 19.1. The van der Waals surface area contributed by atoms with E-state index in [2.05, 4.69) is 4.99 Å². The van der Waals surface area contributed by atoms with E-state index in [9.17, 15) is 15.0 Å². The summed E-state index contributed by atoms with van der Waals surface area (Å²) in [6, 6.07) is 14.3. The number of fused-ring (bicyclic) bond motifs is 1. The lowest BCUT2D eigenvalue weighted by atomic mass is 10.0. The van der Waals surface area contributed by atoms with Crippen LogP contribution in [0.5, 0.6) is 17.2 Å². The maximum atomic E-state index is 12.5. The van der Waals surface area contributed by atoms with Gasteiger partial charge in [0.1, 0.15) is 17.1 Å². The first-order valence-electron chi connectivity index (χ1n) is 9.01. The number of hydrogen-bond donors (Lipinski definition) is 2. The molecule has 0 aliphatic carbocycles. The Balaban J connectivity index is 1.89. The second kappa shape index (κ2) is 7.67. The Labute approximate surface area is 171 Å². The molecule has 3 aromatic rings. The number of para-hydroxylation sites is 2. The standard InChI is InChI=1S/C22H19NO5S/c1-12-10-16(24)20(22(26)28-12)15-11-19(13-6-5-8-17(27-2)21(13)25)29-18-9-4-3-7-14(18)23-15/h3-10,19,24-25H,11H2,1-2H3/t19-/m1/s1. The van der Waals surface area contributed by atoms with Crippen molar-refractivity contribution in [2.24, 2.45) is 4.99 Å². The normalized spacial score (nSPS) is 15.9. The quantitative estimate of drug-likeness (QED) is 0.650. The second-order valence-corrected chi connectivity index (χ2v) is 7.88. The van der Waals surface area contributed by atoms with Gasteiger partial charge in [-0.3, -0.25) is 4.99 Å². The fourth-order valence-electron chi connectivity index (χ4n) is 3.37. The fourth-order valence-corrected chi connectivity index (χ4v) is 4.62. The van der Waals surface area contributed by atoms with Crippen molar-refractivity contribution in [3.63, 3.8) is 0 Å². The lowest BCUT2D eigenvalue weighted by Crippen LogP contribution is -2.17. The molecule has 0 fully saturated rings. The number of benzene rings is 2. The van der Waals surface area contributed by atoms with Gasteiger partial charge in [-0.15, -0.1) is 11.8 Å². The van der Waals surface area contributed by atoms with Crippen molar-refractivity contribution in [2.45, 2.75) is 23.5 Å². The van der Waals surface area contributed by atoms with Crippen LogP contribution in [0.15, 0.2) is 67.6 Å². The SMILES string of the molecule is COc1cccc([C@H]2CC(c3c(O)cc(C)oc3=O)=Nc3ccccc3S2)c1O.